The summed E-state index contributed by atoms with van der Waals surface area (Å²) >= 11 is 0. The normalized spacial score (nSPS) is 14.0. The predicted octanol–water partition coefficient (Wildman–Crippen LogP) is 1.10. The van der Waals surface area contributed by atoms with E-state index in [0.29, 0.717) is 32.0 Å². The molecule has 0 saturated heterocycles. The third-order valence-corrected chi connectivity index (χ3v) is 3.57. The van der Waals surface area contributed by atoms with Crippen molar-refractivity contribution in [2.45, 2.75) is 71.0 Å². The molecule has 4 amide bonds. The third kappa shape index (κ3) is 10.6. The van der Waals surface area contributed by atoms with E-state index in [2.05, 4.69) is 21.3 Å². The number of carbonyl (C=O) groups excluding carboxylic acids is 4. The van der Waals surface area contributed by atoms with Gasteiger partial charge in [-0.25, -0.2) is 9.59 Å². The van der Waals surface area contributed by atoms with E-state index in [1.165, 1.54) is 0 Å². The lowest BCUT2D eigenvalue weighted by atomic mass is 10.1. The SMILES string of the molecule is CCC(C=O)NC(=O)NCCCCC(C)NC(=O)NC(C=O)CC. The van der Waals surface area contributed by atoms with Crippen molar-refractivity contribution < 1.29 is 19.2 Å². The smallest absolute Gasteiger partial charge is 0.315 e. The molecule has 0 heterocycles. The van der Waals surface area contributed by atoms with E-state index in [1.807, 2.05) is 20.8 Å². The molecule has 0 radical (unpaired) electrons. The second-order valence-electron chi connectivity index (χ2n) is 5.72. The molecule has 0 aliphatic rings. The van der Waals surface area contributed by atoms with Crippen LogP contribution in [0.5, 0.6) is 0 Å². The first-order chi connectivity index (χ1) is 11.5. The van der Waals surface area contributed by atoms with Crippen LogP contribution in [0.3, 0.4) is 0 Å². The van der Waals surface area contributed by atoms with Crippen LogP contribution in [0.15, 0.2) is 0 Å². The van der Waals surface area contributed by atoms with Gasteiger partial charge in [0.25, 0.3) is 0 Å². The Morgan fingerprint density at radius 2 is 1.42 bits per heavy atom. The molecule has 0 aromatic rings. The second-order valence-corrected chi connectivity index (χ2v) is 5.72. The summed E-state index contributed by atoms with van der Waals surface area (Å²) in [5.74, 6) is 0. The topological polar surface area (TPSA) is 116 Å². The van der Waals surface area contributed by atoms with E-state index < -0.39 is 12.1 Å². The number of hydrogen-bond acceptors (Lipinski definition) is 4. The average Bonchev–Trinajstić information content (AvgIpc) is 2.56. The number of carbonyl (C=O) groups is 4. The zero-order valence-corrected chi connectivity index (χ0v) is 14.8. The fourth-order valence-corrected chi connectivity index (χ4v) is 1.97. The van der Waals surface area contributed by atoms with Crippen molar-refractivity contribution in [3.05, 3.63) is 0 Å². The maximum Gasteiger partial charge on any atom is 0.315 e. The molecule has 0 aromatic heterocycles. The Balaban J connectivity index is 3.76. The van der Waals surface area contributed by atoms with Gasteiger partial charge in [-0.15, -0.1) is 0 Å². The quantitative estimate of drug-likeness (QED) is 0.314. The lowest BCUT2D eigenvalue weighted by Crippen LogP contribution is -2.45. The number of nitrogens with one attached hydrogen (secondary N) is 4. The molecule has 0 spiro atoms. The molecule has 3 unspecified atom stereocenters. The fourth-order valence-electron chi connectivity index (χ4n) is 1.97. The molecule has 8 nitrogen and oxygen atoms in total. The Morgan fingerprint density at radius 1 is 0.875 bits per heavy atom. The van der Waals surface area contributed by atoms with Gasteiger partial charge in [-0.3, -0.25) is 0 Å². The Morgan fingerprint density at radius 3 is 1.92 bits per heavy atom. The summed E-state index contributed by atoms with van der Waals surface area (Å²) < 4.78 is 0. The summed E-state index contributed by atoms with van der Waals surface area (Å²) in [6.45, 7) is 6.03. The standard InChI is InChI=1S/C16H30N4O4/c1-4-13(10-21)19-15(23)17-9-7-6-8-12(3)18-16(24)20-14(5-2)11-22/h10-14H,4-9H2,1-3H3,(H2,17,19,23)(H2,18,20,24). The maximum absolute atomic E-state index is 11.6. The summed E-state index contributed by atoms with van der Waals surface area (Å²) in [4.78, 5) is 44.4. The highest BCUT2D eigenvalue weighted by Gasteiger charge is 2.11. The van der Waals surface area contributed by atoms with Crippen LogP contribution in [0, 0.1) is 0 Å². The van der Waals surface area contributed by atoms with Crippen molar-refractivity contribution in [2.24, 2.45) is 0 Å². The summed E-state index contributed by atoms with van der Waals surface area (Å²) in [6, 6.07) is -1.64. The molecule has 0 saturated carbocycles. The van der Waals surface area contributed by atoms with Gasteiger partial charge in [0.15, 0.2) is 0 Å². The van der Waals surface area contributed by atoms with Gasteiger partial charge >= 0.3 is 12.1 Å². The molecule has 0 aliphatic heterocycles. The maximum atomic E-state index is 11.6. The van der Waals surface area contributed by atoms with Crippen molar-refractivity contribution in [3.63, 3.8) is 0 Å². The number of unbranched alkanes of at least 4 members (excludes halogenated alkanes) is 1. The van der Waals surface area contributed by atoms with E-state index in [1.54, 1.807) is 0 Å². The van der Waals surface area contributed by atoms with Gasteiger partial charge in [-0.2, -0.15) is 0 Å². The number of amides is 4. The van der Waals surface area contributed by atoms with Gasteiger partial charge in [0, 0.05) is 12.6 Å². The molecule has 0 fully saturated rings. The van der Waals surface area contributed by atoms with Gasteiger partial charge in [-0.1, -0.05) is 13.8 Å². The molecule has 0 aromatic carbocycles. The molecular weight excluding hydrogens is 312 g/mol. The molecule has 3 atom stereocenters. The first-order valence-electron chi connectivity index (χ1n) is 8.48. The molecule has 138 valence electrons. The van der Waals surface area contributed by atoms with Crippen molar-refractivity contribution in [1.82, 2.24) is 21.3 Å². The van der Waals surface area contributed by atoms with Crippen LogP contribution < -0.4 is 21.3 Å². The van der Waals surface area contributed by atoms with Crippen LogP contribution in [0.2, 0.25) is 0 Å². The molecular formula is C16H30N4O4. The monoisotopic (exact) mass is 342 g/mol. The van der Waals surface area contributed by atoms with Gasteiger partial charge in [0.2, 0.25) is 0 Å². The first-order valence-corrected chi connectivity index (χ1v) is 8.48. The lowest BCUT2D eigenvalue weighted by Gasteiger charge is -2.17. The van der Waals surface area contributed by atoms with E-state index in [0.717, 1.165) is 19.3 Å². The lowest BCUT2D eigenvalue weighted by molar-refractivity contribution is -0.110. The first kappa shape index (κ1) is 21.9. The van der Waals surface area contributed by atoms with Crippen LogP contribution in [-0.4, -0.2) is 49.3 Å². The molecule has 0 bridgehead atoms. The average molecular weight is 342 g/mol. The van der Waals surface area contributed by atoms with Crippen LogP contribution >= 0.6 is 0 Å². The molecule has 0 rings (SSSR count). The van der Waals surface area contributed by atoms with Gasteiger partial charge < -0.3 is 30.9 Å². The summed E-state index contributed by atoms with van der Waals surface area (Å²) in [5, 5.41) is 10.6. The highest BCUT2D eigenvalue weighted by molar-refractivity contribution is 5.78. The van der Waals surface area contributed by atoms with E-state index in [-0.39, 0.29) is 18.1 Å². The van der Waals surface area contributed by atoms with Crippen molar-refractivity contribution in [1.29, 1.82) is 0 Å². The molecule has 0 aliphatic carbocycles. The van der Waals surface area contributed by atoms with Gasteiger partial charge in [0.05, 0.1) is 12.1 Å². The minimum atomic E-state index is -0.460. The van der Waals surface area contributed by atoms with Gasteiger partial charge in [0.1, 0.15) is 12.6 Å². The summed E-state index contributed by atoms with van der Waals surface area (Å²) in [5.41, 5.74) is 0. The number of rotatable bonds is 12. The fraction of sp³-hybridized carbons (Fsp3) is 0.750. The highest BCUT2D eigenvalue weighted by atomic mass is 16.2. The summed E-state index contributed by atoms with van der Waals surface area (Å²) in [7, 11) is 0. The minimum Gasteiger partial charge on any atom is -0.338 e. The highest BCUT2D eigenvalue weighted by Crippen LogP contribution is 2.00. The van der Waals surface area contributed by atoms with Crippen molar-refractivity contribution in [2.75, 3.05) is 6.54 Å². The Hall–Kier alpha value is -2.12. The number of hydrogen-bond donors (Lipinski definition) is 4. The van der Waals surface area contributed by atoms with E-state index in [4.69, 9.17) is 0 Å². The van der Waals surface area contributed by atoms with Crippen LogP contribution in [0.1, 0.15) is 52.9 Å². The van der Waals surface area contributed by atoms with Crippen LogP contribution in [0.25, 0.3) is 0 Å². The molecule has 24 heavy (non-hydrogen) atoms. The molecule has 4 N–H and O–H groups in total. The van der Waals surface area contributed by atoms with Crippen LogP contribution in [0.4, 0.5) is 9.59 Å². The second kappa shape index (κ2) is 13.3. The third-order valence-electron chi connectivity index (χ3n) is 3.57. The number of urea groups is 2. The molecule has 8 heteroatoms. The Bertz CT molecular complexity index is 404. The van der Waals surface area contributed by atoms with Crippen molar-refractivity contribution in [3.8, 4) is 0 Å². The largest absolute Gasteiger partial charge is 0.338 e. The van der Waals surface area contributed by atoms with Crippen molar-refractivity contribution >= 4 is 24.6 Å². The zero-order chi connectivity index (χ0) is 18.4. The summed E-state index contributed by atoms with van der Waals surface area (Å²) in [6.07, 6.45) is 4.91. The zero-order valence-electron chi connectivity index (χ0n) is 14.8. The number of aldehydes is 2. The predicted molar refractivity (Wildman–Crippen MR) is 91.8 cm³/mol. The Kier molecular flexibility index (Phi) is 12.2. The van der Waals surface area contributed by atoms with E-state index in [9.17, 15) is 19.2 Å². The van der Waals surface area contributed by atoms with E-state index >= 15 is 0 Å². The van der Waals surface area contributed by atoms with Crippen LogP contribution in [-0.2, 0) is 9.59 Å². The minimum absolute atomic E-state index is 0.0254. The Labute approximate surface area is 143 Å². The van der Waals surface area contributed by atoms with Gasteiger partial charge in [-0.05, 0) is 39.0 Å².